The number of hydrogen-bond acceptors (Lipinski definition) is 4. The van der Waals surface area contributed by atoms with Crippen molar-refractivity contribution in [1.82, 2.24) is 5.16 Å². The fourth-order valence-electron chi connectivity index (χ4n) is 1.49. The normalized spacial score (nSPS) is 10.5. The zero-order valence-corrected chi connectivity index (χ0v) is 8.77. The molecule has 2 rings (SSSR count). The average molecular weight is 237 g/mol. The smallest absolute Gasteiger partial charge is 0.374 e. The molecule has 2 aromatic rings. The monoisotopic (exact) mass is 237 g/mol. The van der Waals surface area contributed by atoms with E-state index in [4.69, 9.17) is 5.11 Å². The molecule has 17 heavy (non-hydrogen) atoms. The van der Waals surface area contributed by atoms with Crippen molar-refractivity contribution in [1.29, 1.82) is 0 Å². The summed E-state index contributed by atoms with van der Waals surface area (Å²) in [5.41, 5.74) is 0.383. The van der Waals surface area contributed by atoms with Crippen LogP contribution in [0.4, 0.5) is 4.39 Å². The van der Waals surface area contributed by atoms with Gasteiger partial charge in [-0.3, -0.25) is 0 Å². The quantitative estimate of drug-likeness (QED) is 0.836. The molecule has 0 atom stereocenters. The summed E-state index contributed by atoms with van der Waals surface area (Å²) >= 11 is 0. The van der Waals surface area contributed by atoms with Gasteiger partial charge in [0.15, 0.2) is 0 Å². The molecule has 0 bridgehead atoms. The minimum atomic E-state index is -1.28. The largest absolute Gasteiger partial charge is 0.507 e. The van der Waals surface area contributed by atoms with Gasteiger partial charge < -0.3 is 14.7 Å². The number of nitrogens with zero attached hydrogens (tertiary/aromatic N) is 1. The van der Waals surface area contributed by atoms with E-state index in [1.165, 1.54) is 13.0 Å². The molecule has 0 saturated carbocycles. The third-order valence-corrected chi connectivity index (χ3v) is 2.35. The molecule has 0 unspecified atom stereocenters. The minimum Gasteiger partial charge on any atom is -0.507 e. The van der Waals surface area contributed by atoms with Crippen molar-refractivity contribution in [2.24, 2.45) is 0 Å². The Morgan fingerprint density at radius 3 is 2.76 bits per heavy atom. The molecule has 0 aliphatic rings. The van der Waals surface area contributed by atoms with Crippen molar-refractivity contribution in [3.8, 4) is 17.0 Å². The molecule has 0 amide bonds. The first-order chi connectivity index (χ1) is 8.00. The lowest BCUT2D eigenvalue weighted by molar-refractivity contribution is 0.0652. The molecule has 6 heteroatoms. The summed E-state index contributed by atoms with van der Waals surface area (Å²) in [6, 6.07) is 3.42. The van der Waals surface area contributed by atoms with Crippen LogP contribution in [0.1, 0.15) is 16.1 Å². The predicted molar refractivity (Wildman–Crippen MR) is 55.3 cm³/mol. The first-order valence-electron chi connectivity index (χ1n) is 4.69. The Labute approximate surface area is 95.1 Å². The van der Waals surface area contributed by atoms with E-state index in [1.807, 2.05) is 0 Å². The van der Waals surface area contributed by atoms with Crippen LogP contribution in [0.15, 0.2) is 22.7 Å². The van der Waals surface area contributed by atoms with E-state index in [0.29, 0.717) is 0 Å². The van der Waals surface area contributed by atoms with Gasteiger partial charge in [-0.25, -0.2) is 9.18 Å². The zero-order valence-electron chi connectivity index (χ0n) is 8.77. The van der Waals surface area contributed by atoms with Gasteiger partial charge in [0.2, 0.25) is 5.76 Å². The fourth-order valence-corrected chi connectivity index (χ4v) is 1.49. The summed E-state index contributed by atoms with van der Waals surface area (Å²) in [6.07, 6.45) is 0. The average Bonchev–Trinajstić information content (AvgIpc) is 2.73. The fraction of sp³-hybridized carbons (Fsp3) is 0.0909. The summed E-state index contributed by atoms with van der Waals surface area (Å²) in [6.45, 7) is 1.46. The van der Waals surface area contributed by atoms with Gasteiger partial charge in [0.05, 0.1) is 5.56 Å². The number of carboxylic acid groups (broad SMARTS) is 1. The maximum Gasteiger partial charge on any atom is 0.374 e. The summed E-state index contributed by atoms with van der Waals surface area (Å²) in [5.74, 6) is -2.35. The van der Waals surface area contributed by atoms with Crippen LogP contribution in [-0.2, 0) is 0 Å². The van der Waals surface area contributed by atoms with Gasteiger partial charge in [-0.15, -0.1) is 0 Å². The highest BCUT2D eigenvalue weighted by molar-refractivity contribution is 5.86. The number of benzene rings is 1. The van der Waals surface area contributed by atoms with E-state index in [2.05, 4.69) is 9.68 Å². The molecular weight excluding hydrogens is 229 g/mol. The number of phenols is 1. The van der Waals surface area contributed by atoms with Crippen molar-refractivity contribution in [2.45, 2.75) is 6.92 Å². The van der Waals surface area contributed by atoms with Crippen LogP contribution in [0, 0.1) is 12.7 Å². The second-order valence-electron chi connectivity index (χ2n) is 3.45. The Morgan fingerprint density at radius 1 is 1.47 bits per heavy atom. The van der Waals surface area contributed by atoms with Crippen LogP contribution in [0.25, 0.3) is 11.3 Å². The van der Waals surface area contributed by atoms with E-state index >= 15 is 0 Å². The minimum absolute atomic E-state index is 0.0805. The lowest BCUT2D eigenvalue weighted by Gasteiger charge is -2.05. The molecule has 0 radical (unpaired) electrons. The first-order valence-corrected chi connectivity index (χ1v) is 4.69. The molecule has 5 nitrogen and oxygen atoms in total. The van der Waals surface area contributed by atoms with E-state index in [0.717, 1.165) is 12.1 Å². The Kier molecular flexibility index (Phi) is 2.55. The van der Waals surface area contributed by atoms with E-state index in [1.54, 1.807) is 0 Å². The number of aromatic nitrogens is 1. The van der Waals surface area contributed by atoms with Crippen molar-refractivity contribution in [3.63, 3.8) is 0 Å². The van der Waals surface area contributed by atoms with E-state index in [9.17, 15) is 14.3 Å². The number of aromatic hydroxyl groups is 1. The highest BCUT2D eigenvalue weighted by Gasteiger charge is 2.18. The molecule has 0 spiro atoms. The van der Waals surface area contributed by atoms with Gasteiger partial charge in [-0.05, 0) is 24.6 Å². The van der Waals surface area contributed by atoms with Crippen LogP contribution in [0.2, 0.25) is 0 Å². The van der Waals surface area contributed by atoms with Gasteiger partial charge in [0, 0.05) is 6.07 Å². The third kappa shape index (κ3) is 1.84. The topological polar surface area (TPSA) is 83.6 Å². The number of carboxylic acids is 1. The second-order valence-corrected chi connectivity index (χ2v) is 3.45. The maximum absolute atomic E-state index is 13.3. The molecule has 0 fully saturated rings. The van der Waals surface area contributed by atoms with Crippen LogP contribution in [-0.4, -0.2) is 21.3 Å². The van der Waals surface area contributed by atoms with Crippen molar-refractivity contribution in [2.75, 3.05) is 0 Å². The Morgan fingerprint density at radius 2 is 2.18 bits per heavy atom. The first kappa shape index (κ1) is 11.1. The zero-order chi connectivity index (χ0) is 12.6. The van der Waals surface area contributed by atoms with Crippen LogP contribution < -0.4 is 0 Å². The van der Waals surface area contributed by atoms with Gasteiger partial charge in [-0.1, -0.05) is 5.16 Å². The maximum atomic E-state index is 13.3. The van der Waals surface area contributed by atoms with Crippen LogP contribution >= 0.6 is 0 Å². The lowest BCUT2D eigenvalue weighted by Crippen LogP contribution is -1.92. The van der Waals surface area contributed by atoms with Crippen molar-refractivity contribution < 1.29 is 23.9 Å². The molecule has 0 aliphatic carbocycles. The molecule has 1 heterocycles. The number of halogens is 1. The molecular formula is C11H8FNO4. The van der Waals surface area contributed by atoms with E-state index in [-0.39, 0.29) is 28.3 Å². The molecule has 1 aromatic heterocycles. The summed E-state index contributed by atoms with van der Waals surface area (Å²) in [5, 5.41) is 21.8. The Balaban J connectivity index is 2.60. The van der Waals surface area contributed by atoms with Gasteiger partial charge in [-0.2, -0.15) is 0 Å². The summed E-state index contributed by atoms with van der Waals surface area (Å²) in [7, 11) is 0. The van der Waals surface area contributed by atoms with Gasteiger partial charge in [0.1, 0.15) is 17.3 Å². The third-order valence-electron chi connectivity index (χ3n) is 2.35. The number of carbonyl (C=O) groups is 1. The molecule has 1 aromatic carbocycles. The number of phenolic OH excluding ortho intramolecular Hbond substituents is 1. The SMILES string of the molecule is Cc1c(F)ccc(O)c1-c1cc(C(=O)O)on1. The van der Waals surface area contributed by atoms with Gasteiger partial charge in [0.25, 0.3) is 0 Å². The Hall–Kier alpha value is -2.37. The predicted octanol–water partition coefficient (Wildman–Crippen LogP) is 2.19. The number of hydrogen-bond donors (Lipinski definition) is 2. The summed E-state index contributed by atoms with van der Waals surface area (Å²) in [4.78, 5) is 10.6. The number of aromatic carboxylic acids is 1. The number of rotatable bonds is 2. The molecule has 88 valence electrons. The summed E-state index contributed by atoms with van der Waals surface area (Å²) < 4.78 is 17.9. The van der Waals surface area contributed by atoms with Crippen LogP contribution in [0.3, 0.4) is 0 Å². The molecule has 2 N–H and O–H groups in total. The highest BCUT2D eigenvalue weighted by Crippen LogP contribution is 2.33. The lowest BCUT2D eigenvalue weighted by atomic mass is 10.0. The Bertz CT molecular complexity index is 591. The van der Waals surface area contributed by atoms with Gasteiger partial charge >= 0.3 is 5.97 Å². The molecule has 0 aliphatic heterocycles. The second kappa shape index (κ2) is 3.89. The molecule has 0 saturated heterocycles. The van der Waals surface area contributed by atoms with Crippen molar-refractivity contribution >= 4 is 5.97 Å². The van der Waals surface area contributed by atoms with E-state index < -0.39 is 11.8 Å². The highest BCUT2D eigenvalue weighted by atomic mass is 19.1. The standard InChI is InChI=1S/C11H8FNO4/c1-5-6(12)2-3-8(14)10(5)7-4-9(11(15)16)17-13-7/h2-4,14H,1H3,(H,15,16). The van der Waals surface area contributed by atoms with Crippen molar-refractivity contribution in [3.05, 3.63) is 35.3 Å². The van der Waals surface area contributed by atoms with Crippen LogP contribution in [0.5, 0.6) is 5.75 Å².